The summed E-state index contributed by atoms with van der Waals surface area (Å²) in [5.41, 5.74) is 2.07. The molecule has 3 heterocycles. The molecule has 1 aliphatic heterocycles. The number of pyridine rings is 1. The molecule has 2 aromatic rings. The smallest absolute Gasteiger partial charge is 0.198 e. The van der Waals surface area contributed by atoms with Gasteiger partial charge in [-0.25, -0.2) is 9.50 Å². The Morgan fingerprint density at radius 1 is 1.50 bits per heavy atom. The molecule has 3 rings (SSSR count). The normalized spacial score (nSPS) is 20.2. The van der Waals surface area contributed by atoms with Crippen LogP contribution in [0, 0.1) is 6.92 Å². The van der Waals surface area contributed by atoms with E-state index in [4.69, 9.17) is 4.74 Å². The minimum absolute atomic E-state index is 0.543. The van der Waals surface area contributed by atoms with Gasteiger partial charge in [0.25, 0.3) is 0 Å². The van der Waals surface area contributed by atoms with Gasteiger partial charge in [-0.1, -0.05) is 0 Å². The number of hydrogen-bond acceptors (Lipinski definition) is 4. The Kier molecular flexibility index (Phi) is 2.91. The molecule has 1 saturated heterocycles. The number of hydrogen-bond donors (Lipinski definition) is 1. The molecule has 1 atom stereocenters. The number of aryl methyl sites for hydroxylation is 1. The molecule has 2 aromatic heterocycles. The molecule has 0 spiro atoms. The second-order valence-corrected chi connectivity index (χ2v) is 4.81. The summed E-state index contributed by atoms with van der Waals surface area (Å²) in [6.45, 7) is 4.05. The zero-order valence-corrected chi connectivity index (χ0v) is 10.8. The van der Waals surface area contributed by atoms with E-state index < -0.39 is 0 Å². The summed E-state index contributed by atoms with van der Waals surface area (Å²) in [6, 6.07) is 2.10. The lowest BCUT2D eigenvalue weighted by Crippen LogP contribution is -2.28. The van der Waals surface area contributed by atoms with Crippen molar-refractivity contribution in [3.05, 3.63) is 23.7 Å². The van der Waals surface area contributed by atoms with E-state index in [1.54, 1.807) is 7.11 Å². The first-order chi connectivity index (χ1) is 8.78. The van der Waals surface area contributed by atoms with Crippen LogP contribution in [-0.4, -0.2) is 34.8 Å². The number of aromatic nitrogens is 3. The maximum atomic E-state index is 5.43. The van der Waals surface area contributed by atoms with Crippen LogP contribution in [0.25, 0.3) is 5.65 Å². The third-order valence-electron chi connectivity index (χ3n) is 3.51. The van der Waals surface area contributed by atoms with Crippen molar-refractivity contribution in [2.75, 3.05) is 20.2 Å². The SMILES string of the molecule is COc1cc(C2CCCNC2)cn2nc(C)nc12. The summed E-state index contributed by atoms with van der Waals surface area (Å²) in [7, 11) is 1.68. The van der Waals surface area contributed by atoms with Crippen molar-refractivity contribution in [3.63, 3.8) is 0 Å². The lowest BCUT2D eigenvalue weighted by atomic mass is 9.93. The number of rotatable bonds is 2. The van der Waals surface area contributed by atoms with Gasteiger partial charge in [0.2, 0.25) is 0 Å². The Bertz CT molecular complexity index is 557. The molecule has 0 saturated carbocycles. The van der Waals surface area contributed by atoms with E-state index in [0.29, 0.717) is 5.92 Å². The van der Waals surface area contributed by atoms with E-state index in [1.165, 1.54) is 18.4 Å². The minimum atomic E-state index is 0.543. The summed E-state index contributed by atoms with van der Waals surface area (Å²) < 4.78 is 7.26. The van der Waals surface area contributed by atoms with Crippen LogP contribution < -0.4 is 10.1 Å². The van der Waals surface area contributed by atoms with E-state index in [2.05, 4.69) is 27.7 Å². The number of piperidine rings is 1. The fourth-order valence-corrected chi connectivity index (χ4v) is 2.59. The molecule has 1 aliphatic rings. The monoisotopic (exact) mass is 246 g/mol. The van der Waals surface area contributed by atoms with Crippen LogP contribution in [0.4, 0.5) is 0 Å². The first kappa shape index (κ1) is 11.5. The predicted molar refractivity (Wildman–Crippen MR) is 69.1 cm³/mol. The molecule has 1 N–H and O–H groups in total. The van der Waals surface area contributed by atoms with Gasteiger partial charge in [0.05, 0.1) is 7.11 Å². The molecular formula is C13H18N4O. The van der Waals surface area contributed by atoms with E-state index in [1.807, 2.05) is 11.4 Å². The van der Waals surface area contributed by atoms with E-state index in [-0.39, 0.29) is 0 Å². The number of nitrogens with one attached hydrogen (secondary N) is 1. The fraction of sp³-hybridized carbons (Fsp3) is 0.538. The van der Waals surface area contributed by atoms with E-state index >= 15 is 0 Å². The average molecular weight is 246 g/mol. The van der Waals surface area contributed by atoms with Crippen LogP contribution in [0.15, 0.2) is 12.3 Å². The zero-order valence-electron chi connectivity index (χ0n) is 10.8. The number of methoxy groups -OCH3 is 1. The first-order valence-electron chi connectivity index (χ1n) is 6.39. The standard InChI is InChI=1S/C13H18N4O/c1-9-15-13-12(18-2)6-11(8-17(13)16-9)10-4-3-5-14-7-10/h6,8,10,14H,3-5,7H2,1-2H3. The van der Waals surface area contributed by atoms with Crippen LogP contribution in [0.3, 0.4) is 0 Å². The molecule has 5 nitrogen and oxygen atoms in total. The van der Waals surface area contributed by atoms with Crippen LogP contribution in [0.5, 0.6) is 5.75 Å². The fourth-order valence-electron chi connectivity index (χ4n) is 2.59. The van der Waals surface area contributed by atoms with Gasteiger partial charge in [-0.3, -0.25) is 0 Å². The number of ether oxygens (including phenoxy) is 1. The highest BCUT2D eigenvalue weighted by Gasteiger charge is 2.18. The second-order valence-electron chi connectivity index (χ2n) is 4.81. The summed E-state index contributed by atoms with van der Waals surface area (Å²) in [6.07, 6.45) is 4.52. The van der Waals surface area contributed by atoms with Crippen LogP contribution >= 0.6 is 0 Å². The summed E-state index contributed by atoms with van der Waals surface area (Å²) >= 11 is 0. The highest BCUT2D eigenvalue weighted by molar-refractivity contribution is 5.54. The molecule has 0 bridgehead atoms. The minimum Gasteiger partial charge on any atom is -0.493 e. The van der Waals surface area contributed by atoms with Crippen molar-refractivity contribution in [2.24, 2.45) is 0 Å². The average Bonchev–Trinajstić information content (AvgIpc) is 2.78. The Labute approximate surface area is 106 Å². The Morgan fingerprint density at radius 2 is 2.39 bits per heavy atom. The summed E-state index contributed by atoms with van der Waals surface area (Å²) in [5, 5.41) is 7.82. The maximum Gasteiger partial charge on any atom is 0.198 e. The molecule has 18 heavy (non-hydrogen) atoms. The third kappa shape index (κ3) is 1.95. The Balaban J connectivity index is 2.06. The molecule has 0 amide bonds. The molecule has 5 heteroatoms. The molecule has 0 aromatic carbocycles. The quantitative estimate of drug-likeness (QED) is 0.872. The lowest BCUT2D eigenvalue weighted by molar-refractivity contribution is 0.412. The van der Waals surface area contributed by atoms with Crippen LogP contribution in [0.2, 0.25) is 0 Å². The van der Waals surface area contributed by atoms with Crippen LogP contribution in [0.1, 0.15) is 30.1 Å². The van der Waals surface area contributed by atoms with E-state index in [0.717, 1.165) is 30.3 Å². The second kappa shape index (κ2) is 4.57. The van der Waals surface area contributed by atoms with Gasteiger partial charge in [0, 0.05) is 12.7 Å². The third-order valence-corrected chi connectivity index (χ3v) is 3.51. The highest BCUT2D eigenvalue weighted by atomic mass is 16.5. The van der Waals surface area contributed by atoms with Crippen molar-refractivity contribution in [3.8, 4) is 5.75 Å². The Hall–Kier alpha value is -1.62. The molecule has 0 aliphatic carbocycles. The molecule has 96 valence electrons. The van der Waals surface area contributed by atoms with Gasteiger partial charge < -0.3 is 10.1 Å². The van der Waals surface area contributed by atoms with Gasteiger partial charge in [0.15, 0.2) is 11.4 Å². The van der Waals surface area contributed by atoms with E-state index in [9.17, 15) is 0 Å². The predicted octanol–water partition coefficient (Wildman–Crippen LogP) is 1.51. The first-order valence-corrected chi connectivity index (χ1v) is 6.39. The molecular weight excluding hydrogens is 228 g/mol. The zero-order chi connectivity index (χ0) is 12.5. The maximum absolute atomic E-state index is 5.43. The number of fused-ring (bicyclic) bond motifs is 1. The van der Waals surface area contributed by atoms with Crippen molar-refractivity contribution < 1.29 is 4.74 Å². The van der Waals surface area contributed by atoms with Gasteiger partial charge >= 0.3 is 0 Å². The van der Waals surface area contributed by atoms with Gasteiger partial charge in [0.1, 0.15) is 5.82 Å². The summed E-state index contributed by atoms with van der Waals surface area (Å²) in [5.74, 6) is 2.12. The van der Waals surface area contributed by atoms with Gasteiger partial charge in [-0.15, -0.1) is 0 Å². The Morgan fingerprint density at radius 3 is 3.11 bits per heavy atom. The van der Waals surface area contributed by atoms with Crippen molar-refractivity contribution >= 4 is 5.65 Å². The molecule has 1 fully saturated rings. The van der Waals surface area contributed by atoms with Crippen LogP contribution in [-0.2, 0) is 0 Å². The highest BCUT2D eigenvalue weighted by Crippen LogP contribution is 2.28. The van der Waals surface area contributed by atoms with Gasteiger partial charge in [-0.05, 0) is 43.9 Å². The lowest BCUT2D eigenvalue weighted by Gasteiger charge is -2.23. The van der Waals surface area contributed by atoms with Crippen molar-refractivity contribution in [1.82, 2.24) is 19.9 Å². The van der Waals surface area contributed by atoms with Crippen molar-refractivity contribution in [1.29, 1.82) is 0 Å². The topological polar surface area (TPSA) is 51.5 Å². The summed E-state index contributed by atoms with van der Waals surface area (Å²) in [4.78, 5) is 4.38. The van der Waals surface area contributed by atoms with Gasteiger partial charge in [-0.2, -0.15) is 5.10 Å². The largest absolute Gasteiger partial charge is 0.493 e. The molecule has 0 radical (unpaired) electrons. The van der Waals surface area contributed by atoms with Crippen molar-refractivity contribution in [2.45, 2.75) is 25.7 Å². The molecule has 1 unspecified atom stereocenters. The number of nitrogens with zero attached hydrogens (tertiary/aromatic N) is 3.